The lowest BCUT2D eigenvalue weighted by molar-refractivity contribution is 0.257. The number of phenolic OH excluding ortho intramolecular Hbond substituents is 2. The second kappa shape index (κ2) is 5.67. The molecule has 0 bridgehead atoms. The molecule has 22 heavy (non-hydrogen) atoms. The van der Waals surface area contributed by atoms with Crippen LogP contribution < -0.4 is 14.2 Å². The molecule has 3 rings (SSSR count). The van der Waals surface area contributed by atoms with Crippen LogP contribution in [0, 0.1) is 0 Å². The normalized spacial score (nSPS) is 16.5. The molecule has 0 amide bonds. The lowest BCUT2D eigenvalue weighted by Crippen LogP contribution is -2.19. The second-order valence-electron chi connectivity index (χ2n) is 5.27. The van der Waals surface area contributed by atoms with Gasteiger partial charge >= 0.3 is 0 Å². The van der Waals surface area contributed by atoms with Gasteiger partial charge in [-0.3, -0.25) is 0 Å². The van der Waals surface area contributed by atoms with Gasteiger partial charge in [0, 0.05) is 23.6 Å². The van der Waals surface area contributed by atoms with Crippen LogP contribution in [0.3, 0.4) is 0 Å². The van der Waals surface area contributed by atoms with Gasteiger partial charge in [0.2, 0.25) is 0 Å². The Morgan fingerprint density at radius 3 is 2.55 bits per heavy atom. The van der Waals surface area contributed by atoms with E-state index in [9.17, 15) is 10.2 Å². The van der Waals surface area contributed by atoms with Crippen molar-refractivity contribution in [3.63, 3.8) is 0 Å². The zero-order chi connectivity index (χ0) is 15.7. The number of methoxy groups -OCH3 is 2. The fraction of sp³-hybridized carbons (Fsp3) is 0.294. The fourth-order valence-corrected chi connectivity index (χ4v) is 2.78. The third kappa shape index (κ3) is 2.50. The smallest absolute Gasteiger partial charge is 0.161 e. The summed E-state index contributed by atoms with van der Waals surface area (Å²) >= 11 is 0. The zero-order valence-corrected chi connectivity index (χ0v) is 12.5. The van der Waals surface area contributed by atoms with Crippen LogP contribution in [0.25, 0.3) is 0 Å². The average Bonchev–Trinajstić information content (AvgIpc) is 2.54. The summed E-state index contributed by atoms with van der Waals surface area (Å²) in [5, 5.41) is 19.4. The molecule has 1 aliphatic rings. The number of ether oxygens (including phenoxy) is 3. The molecule has 1 aliphatic heterocycles. The Kier molecular flexibility index (Phi) is 3.71. The van der Waals surface area contributed by atoms with Gasteiger partial charge in [0.25, 0.3) is 0 Å². The van der Waals surface area contributed by atoms with Gasteiger partial charge in [0.1, 0.15) is 17.2 Å². The number of aromatic hydroxyl groups is 2. The molecule has 2 N–H and O–H groups in total. The molecule has 5 heteroatoms. The Hall–Kier alpha value is -2.56. The largest absolute Gasteiger partial charge is 0.508 e. The Balaban J connectivity index is 1.97. The van der Waals surface area contributed by atoms with Crippen molar-refractivity contribution < 1.29 is 24.4 Å². The van der Waals surface area contributed by atoms with Gasteiger partial charge < -0.3 is 24.4 Å². The van der Waals surface area contributed by atoms with E-state index in [2.05, 4.69) is 0 Å². The summed E-state index contributed by atoms with van der Waals surface area (Å²) in [6, 6.07) is 8.48. The average molecular weight is 302 g/mol. The number of hydrogen-bond acceptors (Lipinski definition) is 5. The highest BCUT2D eigenvalue weighted by molar-refractivity contribution is 5.52. The van der Waals surface area contributed by atoms with Gasteiger partial charge in [0.15, 0.2) is 11.5 Å². The summed E-state index contributed by atoms with van der Waals surface area (Å²) in [5.41, 5.74) is 1.96. The molecule has 1 atom stereocenters. The van der Waals surface area contributed by atoms with Gasteiger partial charge in [-0.15, -0.1) is 0 Å². The SMILES string of the molecule is COc1cc(C2COc3cc(O)ccc3C2)c(OC)cc1O. The molecular formula is C17H18O5. The number of rotatable bonds is 3. The molecule has 0 aromatic heterocycles. The van der Waals surface area contributed by atoms with E-state index in [4.69, 9.17) is 14.2 Å². The van der Waals surface area contributed by atoms with Gasteiger partial charge in [0.05, 0.1) is 20.8 Å². The van der Waals surface area contributed by atoms with E-state index >= 15 is 0 Å². The van der Waals surface area contributed by atoms with E-state index in [1.807, 2.05) is 6.07 Å². The van der Waals surface area contributed by atoms with E-state index in [1.54, 1.807) is 31.4 Å². The van der Waals surface area contributed by atoms with E-state index in [0.29, 0.717) is 23.9 Å². The number of fused-ring (bicyclic) bond motifs is 1. The second-order valence-corrected chi connectivity index (χ2v) is 5.27. The molecule has 0 saturated heterocycles. The predicted molar refractivity (Wildman–Crippen MR) is 81.3 cm³/mol. The Labute approximate surface area is 128 Å². The first-order valence-corrected chi connectivity index (χ1v) is 7.02. The highest BCUT2D eigenvalue weighted by Crippen LogP contribution is 2.41. The molecular weight excluding hydrogens is 284 g/mol. The maximum Gasteiger partial charge on any atom is 0.161 e. The zero-order valence-electron chi connectivity index (χ0n) is 12.5. The summed E-state index contributed by atoms with van der Waals surface area (Å²) in [6.07, 6.45) is 0.764. The van der Waals surface area contributed by atoms with Crippen LogP contribution in [0.1, 0.15) is 17.0 Å². The van der Waals surface area contributed by atoms with Crippen LogP contribution in [0.4, 0.5) is 0 Å². The molecule has 2 aromatic rings. The monoisotopic (exact) mass is 302 g/mol. The first-order chi connectivity index (χ1) is 10.6. The highest BCUT2D eigenvalue weighted by atomic mass is 16.5. The predicted octanol–water partition coefficient (Wildman–Crippen LogP) is 2.83. The van der Waals surface area contributed by atoms with Crippen LogP contribution in [0.5, 0.6) is 28.7 Å². The standard InChI is InChI=1S/C17H18O5/c1-20-16-8-14(19)17(21-2)7-13(16)11-5-10-3-4-12(18)6-15(10)22-9-11/h3-4,6-8,11,18-19H,5,9H2,1-2H3. The maximum atomic E-state index is 9.87. The summed E-state index contributed by atoms with van der Waals surface area (Å²) < 4.78 is 16.3. The fourth-order valence-electron chi connectivity index (χ4n) is 2.78. The third-order valence-electron chi connectivity index (χ3n) is 3.93. The van der Waals surface area contributed by atoms with Crippen LogP contribution in [0.15, 0.2) is 30.3 Å². The minimum absolute atomic E-state index is 0.0464. The number of phenols is 2. The summed E-state index contributed by atoms with van der Waals surface area (Å²) in [4.78, 5) is 0. The van der Waals surface area contributed by atoms with Crippen LogP contribution >= 0.6 is 0 Å². The van der Waals surface area contributed by atoms with E-state index in [1.165, 1.54) is 7.11 Å². The van der Waals surface area contributed by atoms with Gasteiger partial charge in [-0.2, -0.15) is 0 Å². The van der Waals surface area contributed by atoms with Crippen molar-refractivity contribution in [2.75, 3.05) is 20.8 Å². The summed E-state index contributed by atoms with van der Waals surface area (Å²) in [6.45, 7) is 0.473. The first-order valence-electron chi connectivity index (χ1n) is 7.02. The molecule has 2 aromatic carbocycles. The van der Waals surface area contributed by atoms with Crippen LogP contribution in [-0.2, 0) is 6.42 Å². The lowest BCUT2D eigenvalue weighted by Gasteiger charge is -2.27. The molecule has 0 fully saturated rings. The molecule has 0 spiro atoms. The van der Waals surface area contributed by atoms with Crippen LogP contribution in [0.2, 0.25) is 0 Å². The molecule has 116 valence electrons. The van der Waals surface area contributed by atoms with Crippen molar-refractivity contribution in [3.05, 3.63) is 41.5 Å². The van der Waals surface area contributed by atoms with Crippen LogP contribution in [-0.4, -0.2) is 31.0 Å². The number of hydrogen-bond donors (Lipinski definition) is 2. The maximum absolute atomic E-state index is 9.87. The quantitative estimate of drug-likeness (QED) is 0.912. The Morgan fingerprint density at radius 1 is 1.05 bits per heavy atom. The van der Waals surface area contributed by atoms with Crippen molar-refractivity contribution in [2.45, 2.75) is 12.3 Å². The minimum Gasteiger partial charge on any atom is -0.508 e. The van der Waals surface area contributed by atoms with E-state index in [-0.39, 0.29) is 17.4 Å². The van der Waals surface area contributed by atoms with E-state index < -0.39 is 0 Å². The first kappa shape index (κ1) is 14.4. The van der Waals surface area contributed by atoms with Crippen molar-refractivity contribution in [1.82, 2.24) is 0 Å². The van der Waals surface area contributed by atoms with Gasteiger partial charge in [-0.05, 0) is 24.1 Å². The summed E-state index contributed by atoms with van der Waals surface area (Å²) in [7, 11) is 3.08. The van der Waals surface area contributed by atoms with Crippen molar-refractivity contribution in [1.29, 1.82) is 0 Å². The molecule has 0 radical (unpaired) electrons. The Bertz CT molecular complexity index is 696. The summed E-state index contributed by atoms with van der Waals surface area (Å²) in [5.74, 6) is 2.05. The third-order valence-corrected chi connectivity index (χ3v) is 3.93. The minimum atomic E-state index is 0.0464. The van der Waals surface area contributed by atoms with Crippen molar-refractivity contribution in [3.8, 4) is 28.7 Å². The molecule has 0 saturated carbocycles. The van der Waals surface area contributed by atoms with E-state index in [0.717, 1.165) is 17.5 Å². The molecule has 1 unspecified atom stereocenters. The van der Waals surface area contributed by atoms with Gasteiger partial charge in [-0.1, -0.05) is 6.07 Å². The molecule has 1 heterocycles. The van der Waals surface area contributed by atoms with Gasteiger partial charge in [-0.25, -0.2) is 0 Å². The molecule has 0 aliphatic carbocycles. The number of benzene rings is 2. The highest BCUT2D eigenvalue weighted by Gasteiger charge is 2.25. The molecule has 5 nitrogen and oxygen atoms in total. The van der Waals surface area contributed by atoms with Crippen molar-refractivity contribution >= 4 is 0 Å². The lowest BCUT2D eigenvalue weighted by atomic mass is 9.89. The topological polar surface area (TPSA) is 68.2 Å². The Morgan fingerprint density at radius 2 is 1.82 bits per heavy atom. The van der Waals surface area contributed by atoms with Crippen molar-refractivity contribution in [2.24, 2.45) is 0 Å².